The Morgan fingerprint density at radius 1 is 1.04 bits per heavy atom. The van der Waals surface area contributed by atoms with Crippen molar-refractivity contribution in [2.24, 2.45) is 5.92 Å². The largest absolute Gasteiger partial charge is 0.491 e. The van der Waals surface area contributed by atoms with Crippen LogP contribution in [0.2, 0.25) is 0 Å². The van der Waals surface area contributed by atoms with Crippen molar-refractivity contribution in [3.05, 3.63) is 59.7 Å². The van der Waals surface area contributed by atoms with E-state index >= 15 is 0 Å². The van der Waals surface area contributed by atoms with Crippen LogP contribution in [-0.4, -0.2) is 35.9 Å². The van der Waals surface area contributed by atoms with Crippen LogP contribution in [0.4, 0.5) is 5.69 Å². The fraction of sp³-hybridized carbons (Fsp3) is 0.391. The van der Waals surface area contributed by atoms with E-state index in [4.69, 9.17) is 4.74 Å². The van der Waals surface area contributed by atoms with Crippen molar-refractivity contribution < 1.29 is 14.3 Å². The molecule has 3 rings (SSSR count). The Kier molecular flexibility index (Phi) is 6.34. The Balaban J connectivity index is 1.62. The number of nitrogens with one attached hydrogen (secondary N) is 1. The number of carbonyl (C=O) groups is 2. The van der Waals surface area contributed by atoms with Gasteiger partial charge in [-0.25, -0.2) is 0 Å². The third kappa shape index (κ3) is 5.12. The van der Waals surface area contributed by atoms with Crippen molar-refractivity contribution in [3.8, 4) is 5.75 Å². The standard InChI is InChI=1S/C23H28N2O3/c1-16(2)28-21-6-4-5-19(15-21)22(26)24-20-9-7-18(8-10-20)23(27)25-13-11-17(3)12-14-25/h4-10,15-17H,11-14H2,1-3H3,(H,24,26). The first kappa shape index (κ1) is 19.9. The summed E-state index contributed by atoms with van der Waals surface area (Å²) in [5.74, 6) is 1.20. The first-order chi connectivity index (χ1) is 13.4. The summed E-state index contributed by atoms with van der Waals surface area (Å²) in [4.78, 5) is 27.0. The number of nitrogens with zero attached hydrogens (tertiary/aromatic N) is 1. The van der Waals surface area contributed by atoms with E-state index in [1.807, 2.05) is 24.8 Å². The summed E-state index contributed by atoms with van der Waals surface area (Å²) in [6.07, 6.45) is 2.16. The second-order valence-corrected chi connectivity index (χ2v) is 7.70. The molecule has 2 aromatic carbocycles. The Morgan fingerprint density at radius 3 is 2.36 bits per heavy atom. The smallest absolute Gasteiger partial charge is 0.255 e. The molecule has 1 fully saturated rings. The fourth-order valence-corrected chi connectivity index (χ4v) is 3.28. The number of benzene rings is 2. The number of ether oxygens (including phenoxy) is 1. The van der Waals surface area contributed by atoms with Gasteiger partial charge >= 0.3 is 0 Å². The van der Waals surface area contributed by atoms with E-state index in [1.54, 1.807) is 42.5 Å². The lowest BCUT2D eigenvalue weighted by Gasteiger charge is -2.30. The predicted molar refractivity (Wildman–Crippen MR) is 111 cm³/mol. The van der Waals surface area contributed by atoms with Gasteiger partial charge in [0, 0.05) is 29.9 Å². The monoisotopic (exact) mass is 380 g/mol. The van der Waals surface area contributed by atoms with Gasteiger partial charge < -0.3 is 15.0 Å². The SMILES string of the molecule is CC1CCN(C(=O)c2ccc(NC(=O)c3cccc(OC(C)C)c3)cc2)CC1. The quantitative estimate of drug-likeness (QED) is 0.825. The van der Waals surface area contributed by atoms with Crippen molar-refractivity contribution in [1.29, 1.82) is 0 Å². The second-order valence-electron chi connectivity index (χ2n) is 7.70. The number of amides is 2. The molecule has 0 bridgehead atoms. The fourth-order valence-electron chi connectivity index (χ4n) is 3.28. The molecule has 5 heteroatoms. The van der Waals surface area contributed by atoms with E-state index in [0.29, 0.717) is 28.5 Å². The summed E-state index contributed by atoms with van der Waals surface area (Å²) in [6, 6.07) is 14.2. The van der Waals surface area contributed by atoms with Crippen LogP contribution in [0.3, 0.4) is 0 Å². The molecule has 2 aromatic rings. The normalized spacial score (nSPS) is 14.8. The molecule has 28 heavy (non-hydrogen) atoms. The van der Waals surface area contributed by atoms with Crippen molar-refractivity contribution in [2.75, 3.05) is 18.4 Å². The highest BCUT2D eigenvalue weighted by Gasteiger charge is 2.21. The van der Waals surface area contributed by atoms with Crippen LogP contribution in [0.25, 0.3) is 0 Å². The molecule has 1 heterocycles. The molecule has 1 saturated heterocycles. The zero-order valence-electron chi connectivity index (χ0n) is 16.8. The van der Waals surface area contributed by atoms with Gasteiger partial charge in [-0.05, 0) is 75.1 Å². The average Bonchev–Trinajstić information content (AvgIpc) is 2.68. The molecule has 5 nitrogen and oxygen atoms in total. The molecular formula is C23H28N2O3. The van der Waals surface area contributed by atoms with Crippen LogP contribution in [-0.2, 0) is 0 Å². The Bertz CT molecular complexity index is 822. The third-order valence-corrected chi connectivity index (χ3v) is 4.93. The summed E-state index contributed by atoms with van der Waals surface area (Å²) in [5.41, 5.74) is 1.84. The van der Waals surface area contributed by atoms with Gasteiger partial charge in [0.1, 0.15) is 5.75 Å². The van der Waals surface area contributed by atoms with Crippen molar-refractivity contribution >= 4 is 17.5 Å². The van der Waals surface area contributed by atoms with Crippen LogP contribution < -0.4 is 10.1 Å². The highest BCUT2D eigenvalue weighted by atomic mass is 16.5. The predicted octanol–water partition coefficient (Wildman–Crippen LogP) is 4.60. The lowest BCUT2D eigenvalue weighted by molar-refractivity contribution is 0.0697. The first-order valence-corrected chi connectivity index (χ1v) is 9.90. The van der Waals surface area contributed by atoms with Gasteiger partial charge in [-0.3, -0.25) is 9.59 Å². The van der Waals surface area contributed by atoms with E-state index < -0.39 is 0 Å². The van der Waals surface area contributed by atoms with Crippen LogP contribution in [0.1, 0.15) is 54.3 Å². The van der Waals surface area contributed by atoms with Crippen molar-refractivity contribution in [3.63, 3.8) is 0 Å². The van der Waals surface area contributed by atoms with Crippen molar-refractivity contribution in [2.45, 2.75) is 39.7 Å². The molecule has 2 amide bonds. The number of hydrogen-bond donors (Lipinski definition) is 1. The molecule has 0 saturated carbocycles. The molecule has 0 aliphatic carbocycles. The van der Waals surface area contributed by atoms with Crippen LogP contribution in [0.5, 0.6) is 5.75 Å². The zero-order chi connectivity index (χ0) is 20.1. The molecule has 0 spiro atoms. The minimum absolute atomic E-state index is 0.0477. The second kappa shape index (κ2) is 8.91. The van der Waals surface area contributed by atoms with Gasteiger partial charge in [0.2, 0.25) is 0 Å². The van der Waals surface area contributed by atoms with Crippen molar-refractivity contribution in [1.82, 2.24) is 4.90 Å². The molecule has 1 aliphatic rings. The Hall–Kier alpha value is -2.82. The molecule has 1 N–H and O–H groups in total. The maximum atomic E-state index is 12.6. The summed E-state index contributed by atoms with van der Waals surface area (Å²) >= 11 is 0. The molecule has 0 unspecified atom stereocenters. The number of hydrogen-bond acceptors (Lipinski definition) is 3. The van der Waals surface area contributed by atoms with Gasteiger partial charge in [0.25, 0.3) is 11.8 Å². The highest BCUT2D eigenvalue weighted by Crippen LogP contribution is 2.20. The van der Waals surface area contributed by atoms with E-state index in [1.165, 1.54) is 0 Å². The number of anilines is 1. The molecule has 1 aliphatic heterocycles. The first-order valence-electron chi connectivity index (χ1n) is 9.90. The van der Waals surface area contributed by atoms with Gasteiger partial charge in [-0.15, -0.1) is 0 Å². The molecular weight excluding hydrogens is 352 g/mol. The number of piperidine rings is 1. The van der Waals surface area contributed by atoms with E-state index in [9.17, 15) is 9.59 Å². The lowest BCUT2D eigenvalue weighted by atomic mass is 9.98. The van der Waals surface area contributed by atoms with Gasteiger partial charge in [0.15, 0.2) is 0 Å². The topological polar surface area (TPSA) is 58.6 Å². The molecule has 148 valence electrons. The minimum atomic E-state index is -0.210. The van der Waals surface area contributed by atoms with E-state index in [0.717, 1.165) is 25.9 Å². The van der Waals surface area contributed by atoms with Gasteiger partial charge in [0.05, 0.1) is 6.10 Å². The highest BCUT2D eigenvalue weighted by molar-refractivity contribution is 6.04. The van der Waals surface area contributed by atoms with Crippen LogP contribution in [0, 0.1) is 5.92 Å². The summed E-state index contributed by atoms with van der Waals surface area (Å²) < 4.78 is 5.64. The molecule has 0 radical (unpaired) electrons. The number of rotatable bonds is 5. The van der Waals surface area contributed by atoms with Gasteiger partial charge in [-0.1, -0.05) is 13.0 Å². The number of likely N-dealkylation sites (tertiary alicyclic amines) is 1. The maximum Gasteiger partial charge on any atom is 0.255 e. The molecule has 0 aromatic heterocycles. The van der Waals surface area contributed by atoms with Crippen LogP contribution in [0.15, 0.2) is 48.5 Å². The summed E-state index contributed by atoms with van der Waals surface area (Å²) in [7, 11) is 0. The zero-order valence-corrected chi connectivity index (χ0v) is 16.8. The van der Waals surface area contributed by atoms with E-state index in [-0.39, 0.29) is 17.9 Å². The van der Waals surface area contributed by atoms with Crippen LogP contribution >= 0.6 is 0 Å². The minimum Gasteiger partial charge on any atom is -0.491 e. The summed E-state index contributed by atoms with van der Waals surface area (Å²) in [6.45, 7) is 7.74. The third-order valence-electron chi connectivity index (χ3n) is 4.93. The Morgan fingerprint density at radius 2 is 1.71 bits per heavy atom. The number of carbonyl (C=O) groups excluding carboxylic acids is 2. The Labute approximate surface area is 166 Å². The molecule has 0 atom stereocenters. The lowest BCUT2D eigenvalue weighted by Crippen LogP contribution is -2.37. The average molecular weight is 380 g/mol. The summed E-state index contributed by atoms with van der Waals surface area (Å²) in [5, 5.41) is 2.87. The van der Waals surface area contributed by atoms with Gasteiger partial charge in [-0.2, -0.15) is 0 Å². The van der Waals surface area contributed by atoms with E-state index in [2.05, 4.69) is 12.2 Å². The maximum absolute atomic E-state index is 12.6.